The minimum absolute atomic E-state index is 0.138. The molecule has 0 bridgehead atoms. The zero-order valence-corrected chi connectivity index (χ0v) is 8.62. The smallest absolute Gasteiger partial charge is 0.312 e. The number of hydrogen-bond acceptors (Lipinski definition) is 4. The van der Waals surface area contributed by atoms with Crippen LogP contribution in [0.5, 0.6) is 0 Å². The normalized spacial score (nSPS) is 20.7. The summed E-state index contributed by atoms with van der Waals surface area (Å²) < 4.78 is 5.32. The molecule has 1 fully saturated rings. The van der Waals surface area contributed by atoms with Gasteiger partial charge in [-0.15, -0.1) is 0 Å². The minimum Gasteiger partial charge on any atom is -0.481 e. The number of nitrogens with one attached hydrogen (secondary N) is 1. The Bertz CT molecular complexity index is 367. The van der Waals surface area contributed by atoms with Crippen molar-refractivity contribution >= 4 is 5.97 Å². The lowest BCUT2D eigenvalue weighted by Gasteiger charge is -2.03. The molecule has 0 spiro atoms. The van der Waals surface area contributed by atoms with Crippen LogP contribution in [0.25, 0.3) is 0 Å². The lowest BCUT2D eigenvalue weighted by molar-refractivity contribution is -0.136. The summed E-state index contributed by atoms with van der Waals surface area (Å²) in [4.78, 5) is 14.7. The predicted molar refractivity (Wildman–Crippen MR) is 52.8 cm³/mol. The number of carboxylic acids is 1. The van der Waals surface area contributed by atoms with E-state index in [1.165, 1.54) is 0 Å². The maximum atomic E-state index is 10.5. The molecule has 0 aromatic carbocycles. The Hall–Kier alpha value is -1.36. The standard InChI is InChI=1S/C10H14N2O3/c1-6-10(7-2-3-11-5-7)12-8(15-6)4-9(13)14/h7,11H,2-5H2,1H3,(H,13,14). The van der Waals surface area contributed by atoms with Crippen LogP contribution in [0.15, 0.2) is 4.42 Å². The maximum Gasteiger partial charge on any atom is 0.312 e. The quantitative estimate of drug-likeness (QED) is 0.767. The third kappa shape index (κ3) is 2.18. The fourth-order valence-electron chi connectivity index (χ4n) is 1.94. The summed E-state index contributed by atoms with van der Waals surface area (Å²) in [6.07, 6.45) is 0.904. The van der Waals surface area contributed by atoms with Gasteiger partial charge in [-0.05, 0) is 19.9 Å². The van der Waals surface area contributed by atoms with E-state index in [9.17, 15) is 4.79 Å². The third-order valence-corrected chi connectivity index (χ3v) is 2.63. The summed E-state index contributed by atoms with van der Waals surface area (Å²) in [5.74, 6) is 0.519. The Labute approximate surface area is 87.5 Å². The van der Waals surface area contributed by atoms with Gasteiger partial charge in [0.25, 0.3) is 0 Å². The van der Waals surface area contributed by atoms with E-state index in [0.29, 0.717) is 11.8 Å². The number of aryl methyl sites for hydroxylation is 1. The molecule has 1 aliphatic rings. The molecule has 1 unspecified atom stereocenters. The van der Waals surface area contributed by atoms with Crippen molar-refractivity contribution < 1.29 is 14.3 Å². The minimum atomic E-state index is -0.910. The molecule has 5 heteroatoms. The zero-order valence-electron chi connectivity index (χ0n) is 8.62. The van der Waals surface area contributed by atoms with Gasteiger partial charge in [0.1, 0.15) is 12.2 Å². The van der Waals surface area contributed by atoms with E-state index < -0.39 is 5.97 Å². The topological polar surface area (TPSA) is 75.4 Å². The third-order valence-electron chi connectivity index (χ3n) is 2.63. The van der Waals surface area contributed by atoms with Gasteiger partial charge < -0.3 is 14.8 Å². The number of nitrogens with zero attached hydrogens (tertiary/aromatic N) is 1. The Morgan fingerprint density at radius 3 is 3.13 bits per heavy atom. The van der Waals surface area contributed by atoms with Crippen LogP contribution >= 0.6 is 0 Å². The molecular weight excluding hydrogens is 196 g/mol. The summed E-state index contributed by atoms with van der Waals surface area (Å²) in [7, 11) is 0. The van der Waals surface area contributed by atoms with Gasteiger partial charge >= 0.3 is 5.97 Å². The van der Waals surface area contributed by atoms with Gasteiger partial charge in [-0.2, -0.15) is 0 Å². The molecule has 2 N–H and O–H groups in total. The van der Waals surface area contributed by atoms with Crippen LogP contribution in [0.4, 0.5) is 0 Å². The fraction of sp³-hybridized carbons (Fsp3) is 0.600. The van der Waals surface area contributed by atoms with Crippen LogP contribution in [0.2, 0.25) is 0 Å². The molecule has 1 aromatic heterocycles. The average Bonchev–Trinajstić information content (AvgIpc) is 2.72. The Kier molecular flexibility index (Phi) is 2.73. The molecule has 1 aliphatic heterocycles. The van der Waals surface area contributed by atoms with Crippen LogP contribution in [0.3, 0.4) is 0 Å². The second-order valence-corrected chi connectivity index (χ2v) is 3.81. The molecule has 1 aromatic rings. The summed E-state index contributed by atoms with van der Waals surface area (Å²) in [5.41, 5.74) is 0.913. The van der Waals surface area contributed by atoms with Crippen LogP contribution in [-0.2, 0) is 11.2 Å². The molecule has 5 nitrogen and oxygen atoms in total. The van der Waals surface area contributed by atoms with E-state index in [1.54, 1.807) is 0 Å². The second-order valence-electron chi connectivity index (χ2n) is 3.81. The van der Waals surface area contributed by atoms with E-state index in [1.807, 2.05) is 6.92 Å². The van der Waals surface area contributed by atoms with Gasteiger partial charge in [-0.3, -0.25) is 4.79 Å². The summed E-state index contributed by atoms with van der Waals surface area (Å²) in [6, 6.07) is 0. The molecule has 82 valence electrons. The first-order valence-electron chi connectivity index (χ1n) is 5.05. The summed E-state index contributed by atoms with van der Waals surface area (Å²) >= 11 is 0. The van der Waals surface area contributed by atoms with Crippen molar-refractivity contribution in [3.05, 3.63) is 17.3 Å². The zero-order chi connectivity index (χ0) is 10.8. The SMILES string of the molecule is Cc1oc(CC(=O)O)nc1C1CCNC1. The predicted octanol–water partition coefficient (Wildman–Crippen LogP) is 0.687. The molecule has 2 heterocycles. The Morgan fingerprint density at radius 2 is 2.53 bits per heavy atom. The van der Waals surface area contributed by atoms with E-state index in [2.05, 4.69) is 10.3 Å². The van der Waals surface area contributed by atoms with Crippen LogP contribution < -0.4 is 5.32 Å². The number of rotatable bonds is 3. The van der Waals surface area contributed by atoms with Crippen molar-refractivity contribution in [2.24, 2.45) is 0 Å². The monoisotopic (exact) mass is 210 g/mol. The molecular formula is C10H14N2O3. The van der Waals surface area contributed by atoms with Crippen molar-refractivity contribution in [1.29, 1.82) is 0 Å². The highest BCUT2D eigenvalue weighted by Gasteiger charge is 2.23. The largest absolute Gasteiger partial charge is 0.481 e. The molecule has 0 radical (unpaired) electrons. The van der Waals surface area contributed by atoms with Crippen LogP contribution in [-0.4, -0.2) is 29.1 Å². The maximum absolute atomic E-state index is 10.5. The molecule has 0 amide bonds. The number of hydrogen-bond donors (Lipinski definition) is 2. The molecule has 0 aliphatic carbocycles. The number of carboxylic acid groups (broad SMARTS) is 1. The molecule has 1 saturated heterocycles. The highest BCUT2D eigenvalue weighted by Crippen LogP contribution is 2.25. The second kappa shape index (κ2) is 4.02. The highest BCUT2D eigenvalue weighted by molar-refractivity contribution is 5.68. The molecule has 15 heavy (non-hydrogen) atoms. The van der Waals surface area contributed by atoms with Crippen molar-refractivity contribution in [2.75, 3.05) is 13.1 Å². The number of aromatic nitrogens is 1. The van der Waals surface area contributed by atoms with Gasteiger partial charge in [-0.25, -0.2) is 4.98 Å². The van der Waals surface area contributed by atoms with Crippen LogP contribution in [0.1, 0.15) is 29.7 Å². The lowest BCUT2D eigenvalue weighted by Crippen LogP contribution is -2.09. The van der Waals surface area contributed by atoms with E-state index in [0.717, 1.165) is 31.0 Å². The number of oxazole rings is 1. The van der Waals surface area contributed by atoms with Crippen LogP contribution in [0, 0.1) is 6.92 Å². The highest BCUT2D eigenvalue weighted by atomic mass is 16.4. The molecule has 2 rings (SSSR count). The molecule has 1 atom stereocenters. The van der Waals surface area contributed by atoms with E-state index in [-0.39, 0.29) is 6.42 Å². The van der Waals surface area contributed by atoms with Crippen molar-refractivity contribution in [3.8, 4) is 0 Å². The molecule has 0 saturated carbocycles. The Balaban J connectivity index is 2.17. The van der Waals surface area contributed by atoms with Crippen molar-refractivity contribution in [3.63, 3.8) is 0 Å². The van der Waals surface area contributed by atoms with Gasteiger partial charge in [0.2, 0.25) is 5.89 Å². The first kappa shape index (κ1) is 10.2. The van der Waals surface area contributed by atoms with Crippen molar-refractivity contribution in [2.45, 2.75) is 25.7 Å². The first-order valence-corrected chi connectivity index (χ1v) is 5.05. The Morgan fingerprint density at radius 1 is 1.73 bits per heavy atom. The summed E-state index contributed by atoms with van der Waals surface area (Å²) in [6.45, 7) is 3.73. The average molecular weight is 210 g/mol. The number of carbonyl (C=O) groups is 1. The first-order chi connectivity index (χ1) is 7.16. The van der Waals surface area contributed by atoms with Crippen molar-refractivity contribution in [1.82, 2.24) is 10.3 Å². The van der Waals surface area contributed by atoms with Gasteiger partial charge in [0.15, 0.2) is 0 Å². The lowest BCUT2D eigenvalue weighted by atomic mass is 10.0. The van der Waals surface area contributed by atoms with E-state index in [4.69, 9.17) is 9.52 Å². The van der Waals surface area contributed by atoms with Gasteiger partial charge in [-0.1, -0.05) is 0 Å². The summed E-state index contributed by atoms with van der Waals surface area (Å²) in [5, 5.41) is 11.9. The van der Waals surface area contributed by atoms with Gasteiger partial charge in [0, 0.05) is 12.5 Å². The number of aliphatic carboxylic acids is 1. The van der Waals surface area contributed by atoms with Gasteiger partial charge in [0.05, 0.1) is 5.69 Å². The fourth-order valence-corrected chi connectivity index (χ4v) is 1.94. The van der Waals surface area contributed by atoms with E-state index >= 15 is 0 Å².